The predicted octanol–water partition coefficient (Wildman–Crippen LogP) is 1.41. The Hall–Kier alpha value is -1.50. The van der Waals surface area contributed by atoms with Gasteiger partial charge in [0, 0.05) is 5.56 Å². The molecule has 0 spiro atoms. The number of carbonyl (C=O) groups excluding carboxylic acids is 2. The molecule has 1 rings (SSSR count). The van der Waals surface area contributed by atoms with Gasteiger partial charge in [-0.15, -0.1) is 0 Å². The summed E-state index contributed by atoms with van der Waals surface area (Å²) in [6.07, 6.45) is 0. The van der Waals surface area contributed by atoms with Crippen molar-refractivity contribution in [2.24, 2.45) is 0 Å². The van der Waals surface area contributed by atoms with E-state index in [1.165, 1.54) is 13.8 Å². The number of ether oxygens (including phenoxy) is 1. The molecule has 0 N–H and O–H groups in total. The van der Waals surface area contributed by atoms with Crippen molar-refractivity contribution in [3.05, 3.63) is 29.3 Å². The van der Waals surface area contributed by atoms with Crippen LogP contribution in [0.25, 0.3) is 0 Å². The third-order valence-corrected chi connectivity index (χ3v) is 2.28. The number of carboxylic acid groups (broad SMARTS) is 1. The zero-order valence-corrected chi connectivity index (χ0v) is 11.0. The fourth-order valence-electron chi connectivity index (χ4n) is 0.989. The Bertz CT molecular complexity index is 509. The lowest BCUT2D eigenvalue weighted by atomic mass is 10.2. The van der Waals surface area contributed by atoms with Crippen LogP contribution in [-0.2, 0) is 4.79 Å². The summed E-state index contributed by atoms with van der Waals surface area (Å²) in [6.45, 7) is 2.91. The minimum Gasteiger partial charge on any atom is -0.545 e. The van der Waals surface area contributed by atoms with Crippen molar-refractivity contribution in [3.63, 3.8) is 0 Å². The van der Waals surface area contributed by atoms with Crippen LogP contribution in [0.15, 0.2) is 12.1 Å². The van der Waals surface area contributed by atoms with Crippen molar-refractivity contribution in [3.8, 4) is 5.75 Å². The summed E-state index contributed by atoms with van der Waals surface area (Å²) >= 11 is 2.99. The molecular formula is C11H8BrF2O4-. The first kappa shape index (κ1) is 14.6. The first-order valence-corrected chi connectivity index (χ1v) is 5.54. The Labute approximate surface area is 110 Å². The first-order chi connectivity index (χ1) is 8.14. The maximum atomic E-state index is 13.4. The van der Waals surface area contributed by atoms with Crippen LogP contribution in [0.1, 0.15) is 24.2 Å². The number of benzene rings is 1. The third kappa shape index (κ3) is 3.04. The number of carbonyl (C=O) groups is 2. The second kappa shape index (κ2) is 5.01. The lowest BCUT2D eigenvalue weighted by Crippen LogP contribution is -2.30. The Morgan fingerprint density at radius 3 is 2.28 bits per heavy atom. The van der Waals surface area contributed by atoms with E-state index in [9.17, 15) is 23.5 Å². The van der Waals surface area contributed by atoms with E-state index in [-0.39, 0.29) is 0 Å². The number of carboxylic acids is 1. The zero-order valence-electron chi connectivity index (χ0n) is 9.42. The van der Waals surface area contributed by atoms with E-state index in [1.807, 2.05) is 0 Å². The Morgan fingerprint density at radius 1 is 1.28 bits per heavy atom. The van der Waals surface area contributed by atoms with Crippen LogP contribution >= 0.6 is 15.9 Å². The SMILES string of the molecule is CC(C)(Br)C(=O)Oc1ccc(C(=O)[O-])c(F)c1F. The molecule has 0 bridgehead atoms. The minimum absolute atomic E-state index is 0.685. The predicted molar refractivity (Wildman–Crippen MR) is 59.3 cm³/mol. The fourth-order valence-corrected chi connectivity index (χ4v) is 1.07. The van der Waals surface area contributed by atoms with Gasteiger partial charge in [-0.3, -0.25) is 4.79 Å². The summed E-state index contributed by atoms with van der Waals surface area (Å²) in [5, 5.41) is 10.4. The molecule has 0 fully saturated rings. The highest BCUT2D eigenvalue weighted by Gasteiger charge is 2.28. The van der Waals surface area contributed by atoms with Gasteiger partial charge in [-0.25, -0.2) is 4.39 Å². The molecule has 0 aliphatic carbocycles. The van der Waals surface area contributed by atoms with Crippen LogP contribution in [-0.4, -0.2) is 16.3 Å². The lowest BCUT2D eigenvalue weighted by molar-refractivity contribution is -0.255. The molecule has 0 amide bonds. The highest BCUT2D eigenvalue weighted by molar-refractivity contribution is 9.10. The van der Waals surface area contributed by atoms with E-state index in [0.29, 0.717) is 0 Å². The van der Waals surface area contributed by atoms with Crippen molar-refractivity contribution in [2.75, 3.05) is 0 Å². The molecule has 0 unspecified atom stereocenters. The van der Waals surface area contributed by atoms with Gasteiger partial charge in [0.2, 0.25) is 5.82 Å². The molecule has 1 aromatic carbocycles. The monoisotopic (exact) mass is 321 g/mol. The molecule has 0 aliphatic rings. The van der Waals surface area contributed by atoms with Crippen molar-refractivity contribution >= 4 is 27.9 Å². The molecule has 7 heteroatoms. The molecule has 4 nitrogen and oxygen atoms in total. The Morgan fingerprint density at radius 2 is 1.83 bits per heavy atom. The molecule has 1 aromatic rings. The zero-order chi connectivity index (χ0) is 14.1. The van der Waals surface area contributed by atoms with E-state index < -0.39 is 39.2 Å². The molecule has 0 saturated heterocycles. The van der Waals surface area contributed by atoms with Gasteiger partial charge in [0.1, 0.15) is 4.32 Å². The Kier molecular flexibility index (Phi) is 4.05. The normalized spacial score (nSPS) is 11.2. The summed E-state index contributed by atoms with van der Waals surface area (Å²) in [5.74, 6) is -6.57. The average Bonchev–Trinajstić information content (AvgIpc) is 2.22. The number of halogens is 3. The summed E-state index contributed by atoms with van der Waals surface area (Å²) in [7, 11) is 0. The fraction of sp³-hybridized carbons (Fsp3) is 0.273. The summed E-state index contributed by atoms with van der Waals surface area (Å²) in [6, 6.07) is 1.61. The maximum absolute atomic E-state index is 13.4. The van der Waals surface area contributed by atoms with Crippen LogP contribution in [0.2, 0.25) is 0 Å². The van der Waals surface area contributed by atoms with Crippen molar-refractivity contribution in [1.82, 2.24) is 0 Å². The largest absolute Gasteiger partial charge is 0.545 e. The van der Waals surface area contributed by atoms with Crippen molar-refractivity contribution < 1.29 is 28.2 Å². The van der Waals surface area contributed by atoms with Gasteiger partial charge in [0.25, 0.3) is 0 Å². The van der Waals surface area contributed by atoms with Crippen molar-refractivity contribution in [1.29, 1.82) is 0 Å². The number of rotatable bonds is 3. The third-order valence-electron chi connectivity index (χ3n) is 1.95. The number of aromatic carboxylic acids is 1. The highest BCUT2D eigenvalue weighted by Crippen LogP contribution is 2.25. The minimum atomic E-state index is -1.86. The van der Waals surface area contributed by atoms with Gasteiger partial charge < -0.3 is 14.6 Å². The van der Waals surface area contributed by atoms with Gasteiger partial charge in [0.05, 0.1) is 5.97 Å². The van der Waals surface area contributed by atoms with Gasteiger partial charge >= 0.3 is 5.97 Å². The van der Waals surface area contributed by atoms with Crippen LogP contribution in [0.5, 0.6) is 5.75 Å². The quantitative estimate of drug-likeness (QED) is 0.479. The standard InChI is InChI=1S/C11H9BrF2O4/c1-11(2,12)10(17)18-6-4-3-5(9(15)16)7(13)8(6)14/h3-4H,1-2H3,(H,15,16)/p-1. The summed E-state index contributed by atoms with van der Waals surface area (Å²) in [4.78, 5) is 21.9. The van der Waals surface area contributed by atoms with Crippen LogP contribution in [0.3, 0.4) is 0 Å². The lowest BCUT2D eigenvalue weighted by Gasteiger charge is -2.15. The molecule has 0 aromatic heterocycles. The van der Waals surface area contributed by atoms with Gasteiger partial charge in [-0.1, -0.05) is 15.9 Å². The van der Waals surface area contributed by atoms with Crippen molar-refractivity contribution in [2.45, 2.75) is 18.2 Å². The van der Waals surface area contributed by atoms with Gasteiger partial charge in [-0.05, 0) is 26.0 Å². The summed E-state index contributed by atoms with van der Waals surface area (Å²) in [5.41, 5.74) is -0.939. The van der Waals surface area contributed by atoms with Gasteiger partial charge in [-0.2, -0.15) is 4.39 Å². The molecule has 18 heavy (non-hydrogen) atoms. The first-order valence-electron chi connectivity index (χ1n) is 4.75. The molecule has 0 heterocycles. The van der Waals surface area contributed by atoms with E-state index in [1.54, 1.807) is 0 Å². The van der Waals surface area contributed by atoms with Crippen LogP contribution in [0.4, 0.5) is 8.78 Å². The summed E-state index contributed by atoms with van der Waals surface area (Å²) < 4.78 is 30.2. The molecule has 98 valence electrons. The molecule has 0 radical (unpaired) electrons. The highest BCUT2D eigenvalue weighted by atomic mass is 79.9. The van der Waals surface area contributed by atoms with Crippen LogP contribution < -0.4 is 9.84 Å². The van der Waals surface area contributed by atoms with E-state index in [2.05, 4.69) is 20.7 Å². The second-order valence-electron chi connectivity index (χ2n) is 3.89. The Balaban J connectivity index is 3.11. The number of hydrogen-bond donors (Lipinski definition) is 0. The number of hydrogen-bond acceptors (Lipinski definition) is 4. The molecule has 0 saturated carbocycles. The number of alkyl halides is 1. The maximum Gasteiger partial charge on any atom is 0.327 e. The van der Waals surface area contributed by atoms with E-state index >= 15 is 0 Å². The molecule has 0 aliphatic heterocycles. The van der Waals surface area contributed by atoms with Crippen LogP contribution in [0, 0.1) is 11.6 Å². The van der Waals surface area contributed by atoms with Gasteiger partial charge in [0.15, 0.2) is 11.6 Å². The molecular weight excluding hydrogens is 314 g/mol. The van der Waals surface area contributed by atoms with E-state index in [0.717, 1.165) is 12.1 Å². The topological polar surface area (TPSA) is 66.4 Å². The second-order valence-corrected chi connectivity index (χ2v) is 5.87. The smallest absolute Gasteiger partial charge is 0.327 e. The number of esters is 1. The average molecular weight is 322 g/mol. The molecule has 0 atom stereocenters. The van der Waals surface area contributed by atoms with E-state index in [4.69, 9.17) is 0 Å².